The van der Waals surface area contributed by atoms with Crippen LogP contribution in [0, 0.1) is 0 Å². The number of nitrogens with one attached hydrogen (secondary N) is 2. The van der Waals surface area contributed by atoms with E-state index < -0.39 is 0 Å². The number of carbonyl (C=O) groups excluding carboxylic acids is 1. The number of hydrogen-bond donors (Lipinski definition) is 2. The van der Waals surface area contributed by atoms with E-state index >= 15 is 0 Å². The Bertz CT molecular complexity index is 823. The molecule has 2 heterocycles. The van der Waals surface area contributed by atoms with Crippen molar-refractivity contribution in [2.45, 2.75) is 6.92 Å². The van der Waals surface area contributed by atoms with Crippen LogP contribution in [0.5, 0.6) is 5.75 Å². The largest absolute Gasteiger partial charge is 0.494 e. The molecule has 3 aromatic rings. The summed E-state index contributed by atoms with van der Waals surface area (Å²) in [6.45, 7) is 2.56. The molecule has 2 N–H and O–H groups in total. The lowest BCUT2D eigenvalue weighted by atomic mass is 10.1. The molecule has 3 rings (SSSR count). The van der Waals surface area contributed by atoms with Gasteiger partial charge in [0, 0.05) is 10.4 Å². The first-order chi connectivity index (χ1) is 11.8. The minimum Gasteiger partial charge on any atom is -0.494 e. The van der Waals surface area contributed by atoms with E-state index in [1.807, 2.05) is 48.7 Å². The lowest BCUT2D eigenvalue weighted by molar-refractivity contribution is 0.0950. The topological polar surface area (TPSA) is 79.4 Å². The highest BCUT2D eigenvalue weighted by atomic mass is 32.1. The third-order valence-corrected chi connectivity index (χ3v) is 3.99. The zero-order chi connectivity index (χ0) is 16.8. The molecule has 0 saturated carbocycles. The second kappa shape index (κ2) is 7.56. The van der Waals surface area contributed by atoms with Crippen LogP contribution in [0.1, 0.15) is 22.3 Å². The predicted molar refractivity (Wildman–Crippen MR) is 94.6 cm³/mol. The van der Waals surface area contributed by atoms with Crippen molar-refractivity contribution in [3.05, 3.63) is 58.4 Å². The van der Waals surface area contributed by atoms with Crippen LogP contribution in [0.3, 0.4) is 0 Å². The van der Waals surface area contributed by atoms with Crippen molar-refractivity contribution >= 4 is 23.5 Å². The Morgan fingerprint density at radius 2 is 2.21 bits per heavy atom. The van der Waals surface area contributed by atoms with Crippen molar-refractivity contribution in [1.82, 2.24) is 15.6 Å². The van der Waals surface area contributed by atoms with Gasteiger partial charge >= 0.3 is 0 Å². The summed E-state index contributed by atoms with van der Waals surface area (Å²) in [5, 5.41) is 12.8. The fourth-order valence-corrected chi connectivity index (χ4v) is 2.64. The Morgan fingerprint density at radius 3 is 2.92 bits per heavy atom. The molecule has 0 radical (unpaired) electrons. The quantitative estimate of drug-likeness (QED) is 0.534. The molecule has 7 heteroatoms. The van der Waals surface area contributed by atoms with Gasteiger partial charge in [0.05, 0.1) is 18.5 Å². The van der Waals surface area contributed by atoms with Gasteiger partial charge in [-0.1, -0.05) is 6.07 Å². The van der Waals surface area contributed by atoms with Gasteiger partial charge in [0.15, 0.2) is 0 Å². The molecule has 0 bridgehead atoms. The molecule has 1 aromatic carbocycles. The van der Waals surface area contributed by atoms with Gasteiger partial charge in [-0.25, -0.2) is 5.43 Å². The summed E-state index contributed by atoms with van der Waals surface area (Å²) in [6.07, 6.45) is 1.60. The summed E-state index contributed by atoms with van der Waals surface area (Å²) < 4.78 is 5.41. The fourth-order valence-electron chi connectivity index (χ4n) is 2.05. The van der Waals surface area contributed by atoms with Crippen molar-refractivity contribution in [1.29, 1.82) is 0 Å². The molecule has 0 fully saturated rings. The fraction of sp³-hybridized carbons (Fsp3) is 0.118. The molecule has 1 amide bonds. The number of H-pyrrole nitrogens is 1. The molecular formula is C17H16N4O2S. The molecule has 24 heavy (non-hydrogen) atoms. The number of ether oxygens (including phenoxy) is 1. The Balaban J connectivity index is 1.65. The first kappa shape index (κ1) is 15.9. The zero-order valence-electron chi connectivity index (χ0n) is 13.0. The monoisotopic (exact) mass is 340 g/mol. The molecule has 0 spiro atoms. The van der Waals surface area contributed by atoms with Crippen LogP contribution in [0.15, 0.2) is 52.9 Å². The highest BCUT2D eigenvalue weighted by molar-refractivity contribution is 7.11. The molecular weight excluding hydrogens is 324 g/mol. The second-order valence-corrected chi connectivity index (χ2v) is 5.82. The number of hydrazone groups is 1. The number of nitrogens with zero attached hydrogens (tertiary/aromatic N) is 2. The third-order valence-electron chi connectivity index (χ3n) is 3.18. The minimum atomic E-state index is -0.340. The van der Waals surface area contributed by atoms with Crippen molar-refractivity contribution in [2.75, 3.05) is 6.61 Å². The first-order valence-electron chi connectivity index (χ1n) is 7.42. The summed E-state index contributed by atoms with van der Waals surface area (Å²) in [5.41, 5.74) is 4.41. The van der Waals surface area contributed by atoms with E-state index in [9.17, 15) is 4.79 Å². The van der Waals surface area contributed by atoms with Gasteiger partial charge in [-0.3, -0.25) is 9.89 Å². The van der Waals surface area contributed by atoms with E-state index in [1.165, 1.54) is 0 Å². The van der Waals surface area contributed by atoms with Crippen molar-refractivity contribution < 1.29 is 9.53 Å². The number of aromatic nitrogens is 2. The van der Waals surface area contributed by atoms with E-state index in [1.54, 1.807) is 23.6 Å². The van der Waals surface area contributed by atoms with Crippen LogP contribution in [-0.2, 0) is 0 Å². The highest BCUT2D eigenvalue weighted by Crippen LogP contribution is 2.21. The van der Waals surface area contributed by atoms with E-state index in [2.05, 4.69) is 20.7 Å². The van der Waals surface area contributed by atoms with Crippen LogP contribution in [0.4, 0.5) is 0 Å². The molecule has 0 saturated heterocycles. The number of thiophene rings is 1. The summed E-state index contributed by atoms with van der Waals surface area (Å²) in [7, 11) is 0. The number of carbonyl (C=O) groups is 1. The van der Waals surface area contributed by atoms with Crippen LogP contribution in [0.25, 0.3) is 11.3 Å². The Labute approximate surface area is 143 Å². The zero-order valence-corrected chi connectivity index (χ0v) is 13.8. The van der Waals surface area contributed by atoms with Crippen molar-refractivity contribution in [3.63, 3.8) is 0 Å². The maximum atomic E-state index is 12.0. The average molecular weight is 340 g/mol. The third kappa shape index (κ3) is 3.88. The Hall–Kier alpha value is -2.93. The van der Waals surface area contributed by atoms with Crippen molar-refractivity contribution in [3.8, 4) is 17.0 Å². The number of benzene rings is 1. The molecule has 0 aliphatic carbocycles. The highest BCUT2D eigenvalue weighted by Gasteiger charge is 2.10. The smallest absolute Gasteiger partial charge is 0.289 e. The van der Waals surface area contributed by atoms with Crippen molar-refractivity contribution in [2.24, 2.45) is 5.10 Å². The number of aromatic amines is 1. The number of hydrogen-bond acceptors (Lipinski definition) is 5. The standard InChI is InChI=1S/C17H16N4O2S/c1-2-23-13-7-5-12(6-8-13)15-10-16(20-19-15)17(22)21-18-11-14-4-3-9-24-14/h3-11H,2H2,1H3,(H,19,20)(H,21,22). The summed E-state index contributed by atoms with van der Waals surface area (Å²) >= 11 is 1.55. The van der Waals surface area contributed by atoms with Gasteiger partial charge in [0.1, 0.15) is 11.4 Å². The first-order valence-corrected chi connectivity index (χ1v) is 8.30. The molecule has 6 nitrogen and oxygen atoms in total. The van der Waals surface area contributed by atoms with Gasteiger partial charge in [-0.2, -0.15) is 10.2 Å². The van der Waals surface area contributed by atoms with Crippen LogP contribution in [-0.4, -0.2) is 28.9 Å². The van der Waals surface area contributed by atoms with E-state index in [0.717, 1.165) is 16.2 Å². The van der Waals surface area contributed by atoms with E-state index in [0.29, 0.717) is 18.0 Å². The summed E-state index contributed by atoms with van der Waals surface area (Å²) in [6, 6.07) is 13.1. The van der Waals surface area contributed by atoms with Crippen LogP contribution < -0.4 is 10.2 Å². The lowest BCUT2D eigenvalue weighted by Crippen LogP contribution is -2.17. The van der Waals surface area contributed by atoms with Gasteiger partial charge in [-0.15, -0.1) is 11.3 Å². The lowest BCUT2D eigenvalue weighted by Gasteiger charge is -2.02. The maximum absolute atomic E-state index is 12.0. The number of rotatable bonds is 6. The normalized spacial score (nSPS) is 10.9. The molecule has 0 atom stereocenters. The predicted octanol–water partition coefficient (Wildman–Crippen LogP) is 3.30. The minimum absolute atomic E-state index is 0.340. The maximum Gasteiger partial charge on any atom is 0.289 e. The van der Waals surface area contributed by atoms with Crippen LogP contribution in [0.2, 0.25) is 0 Å². The molecule has 122 valence electrons. The van der Waals surface area contributed by atoms with Gasteiger partial charge in [0.25, 0.3) is 5.91 Å². The van der Waals surface area contributed by atoms with E-state index in [4.69, 9.17) is 4.74 Å². The Morgan fingerprint density at radius 1 is 1.38 bits per heavy atom. The Kier molecular flexibility index (Phi) is 5.02. The van der Waals surface area contributed by atoms with Gasteiger partial charge < -0.3 is 4.74 Å². The van der Waals surface area contributed by atoms with Gasteiger partial charge in [-0.05, 0) is 48.7 Å². The molecule has 2 aromatic heterocycles. The van der Waals surface area contributed by atoms with Crippen LogP contribution >= 0.6 is 11.3 Å². The van der Waals surface area contributed by atoms with Gasteiger partial charge in [0.2, 0.25) is 0 Å². The summed E-state index contributed by atoms with van der Waals surface area (Å²) in [4.78, 5) is 13.0. The SMILES string of the molecule is CCOc1ccc(-c2cc(C(=O)NN=Cc3cccs3)[nH]n2)cc1. The molecule has 0 aliphatic rings. The summed E-state index contributed by atoms with van der Waals surface area (Å²) in [5.74, 6) is 0.463. The second-order valence-electron chi connectivity index (χ2n) is 4.84. The number of amides is 1. The molecule has 0 aliphatic heterocycles. The average Bonchev–Trinajstić information content (AvgIpc) is 3.27. The van der Waals surface area contributed by atoms with E-state index in [-0.39, 0.29) is 5.91 Å². The molecule has 0 unspecified atom stereocenters.